The summed E-state index contributed by atoms with van der Waals surface area (Å²) >= 11 is 0. The maximum atomic E-state index is 12.7. The molecule has 10 nitrogen and oxygen atoms in total. The van der Waals surface area contributed by atoms with Crippen LogP contribution in [0.1, 0.15) is 37.8 Å². The first kappa shape index (κ1) is 27.3. The molecular weight excluding hydrogens is 452 g/mol. The third kappa shape index (κ3) is 9.46. The number of aromatic hydroxyl groups is 2. The molecule has 0 aliphatic rings. The van der Waals surface area contributed by atoms with E-state index in [0.29, 0.717) is 0 Å². The minimum atomic E-state index is -1.16. The van der Waals surface area contributed by atoms with E-state index >= 15 is 0 Å². The van der Waals surface area contributed by atoms with Crippen molar-refractivity contribution in [3.63, 3.8) is 0 Å². The van der Waals surface area contributed by atoms with Gasteiger partial charge in [0.1, 0.15) is 23.3 Å². The zero-order valence-corrected chi connectivity index (χ0v) is 19.8. The molecule has 0 aliphatic heterocycles. The van der Waals surface area contributed by atoms with Gasteiger partial charge in [-0.15, -0.1) is 0 Å². The number of carbonyl (C=O) groups is 4. The summed E-state index contributed by atoms with van der Waals surface area (Å²) < 4.78 is 0. The van der Waals surface area contributed by atoms with Crippen LogP contribution in [-0.2, 0) is 32.3 Å². The van der Waals surface area contributed by atoms with Crippen LogP contribution in [0.2, 0.25) is 0 Å². The highest BCUT2D eigenvalue weighted by molar-refractivity contribution is 5.94. The molecule has 0 heterocycles. The summed E-state index contributed by atoms with van der Waals surface area (Å²) in [4.78, 5) is 49.8. The van der Waals surface area contributed by atoms with Crippen LogP contribution in [0.4, 0.5) is 0 Å². The molecular formula is C25H32N4O6. The molecule has 10 heteroatoms. The number of phenols is 2. The number of phenolic OH excluding ortho intramolecular Hbond substituents is 2. The first-order chi connectivity index (χ1) is 16.5. The molecule has 0 fully saturated rings. The van der Waals surface area contributed by atoms with Crippen molar-refractivity contribution in [3.05, 3.63) is 59.7 Å². The topological polar surface area (TPSA) is 171 Å². The zero-order valence-electron chi connectivity index (χ0n) is 19.8. The summed E-state index contributed by atoms with van der Waals surface area (Å²) in [7, 11) is 0. The lowest BCUT2D eigenvalue weighted by Gasteiger charge is -2.20. The van der Waals surface area contributed by atoms with Gasteiger partial charge < -0.3 is 31.9 Å². The Bertz CT molecular complexity index is 1020. The molecule has 2 rings (SSSR count). The van der Waals surface area contributed by atoms with Crippen molar-refractivity contribution in [1.82, 2.24) is 16.0 Å². The third-order valence-electron chi connectivity index (χ3n) is 5.25. The molecule has 35 heavy (non-hydrogen) atoms. The smallest absolute Gasteiger partial charge is 0.243 e. The second-order valence-corrected chi connectivity index (χ2v) is 8.52. The van der Waals surface area contributed by atoms with Crippen molar-refractivity contribution in [2.24, 2.45) is 11.7 Å². The third-order valence-corrected chi connectivity index (χ3v) is 5.25. The SMILES string of the molecule is CC(C)C(=O)CC(NC(=O)CC(N)C(=O)NCc1ccc(O)cc1)C(=O)NCc1ccc(O)cc1. The van der Waals surface area contributed by atoms with Gasteiger partial charge in [0.15, 0.2) is 0 Å². The lowest BCUT2D eigenvalue weighted by molar-refractivity contribution is -0.133. The number of benzene rings is 2. The Labute approximate surface area is 203 Å². The molecule has 0 saturated heterocycles. The van der Waals surface area contributed by atoms with Gasteiger partial charge in [-0.3, -0.25) is 19.2 Å². The molecule has 0 aliphatic carbocycles. The van der Waals surface area contributed by atoms with Gasteiger partial charge in [-0.05, 0) is 35.4 Å². The normalized spacial score (nSPS) is 12.5. The summed E-state index contributed by atoms with van der Waals surface area (Å²) in [5.74, 6) is -2.08. The fourth-order valence-corrected chi connectivity index (χ4v) is 3.05. The average Bonchev–Trinajstić information content (AvgIpc) is 2.82. The number of rotatable bonds is 12. The lowest BCUT2D eigenvalue weighted by atomic mass is 10.0. The van der Waals surface area contributed by atoms with Crippen molar-refractivity contribution >= 4 is 23.5 Å². The van der Waals surface area contributed by atoms with E-state index in [0.717, 1.165) is 11.1 Å². The van der Waals surface area contributed by atoms with E-state index in [9.17, 15) is 29.4 Å². The summed E-state index contributed by atoms with van der Waals surface area (Å²) in [6.45, 7) is 3.70. The van der Waals surface area contributed by atoms with Gasteiger partial charge in [-0.25, -0.2) is 0 Å². The Morgan fingerprint density at radius 2 is 1.23 bits per heavy atom. The first-order valence-corrected chi connectivity index (χ1v) is 11.2. The highest BCUT2D eigenvalue weighted by Crippen LogP contribution is 2.11. The Morgan fingerprint density at radius 3 is 1.69 bits per heavy atom. The van der Waals surface area contributed by atoms with Crippen molar-refractivity contribution in [2.75, 3.05) is 0 Å². The molecule has 0 bridgehead atoms. The van der Waals surface area contributed by atoms with E-state index in [4.69, 9.17) is 5.73 Å². The summed E-state index contributed by atoms with van der Waals surface area (Å²) in [5, 5.41) is 26.5. The van der Waals surface area contributed by atoms with E-state index in [1.54, 1.807) is 38.1 Å². The van der Waals surface area contributed by atoms with Gasteiger partial charge in [0.25, 0.3) is 0 Å². The predicted octanol–water partition coefficient (Wildman–Crippen LogP) is 0.848. The molecule has 2 unspecified atom stereocenters. The van der Waals surface area contributed by atoms with Gasteiger partial charge in [-0.2, -0.15) is 0 Å². The number of nitrogens with one attached hydrogen (secondary N) is 3. The number of hydrogen-bond donors (Lipinski definition) is 6. The first-order valence-electron chi connectivity index (χ1n) is 11.2. The van der Waals surface area contributed by atoms with E-state index in [2.05, 4.69) is 16.0 Å². The van der Waals surface area contributed by atoms with Crippen molar-refractivity contribution < 1.29 is 29.4 Å². The Kier molecular flexibility index (Phi) is 10.2. The number of carbonyl (C=O) groups excluding carboxylic acids is 4. The standard InChI is InChI=1S/C25H32N4O6/c1-15(2)22(32)12-21(25(35)28-14-17-5-9-19(31)10-6-17)29-23(33)11-20(26)24(34)27-13-16-3-7-18(30)8-4-16/h3-10,15,20-21,30-31H,11-14,26H2,1-2H3,(H,27,34)(H,28,35)(H,29,33). The molecule has 2 aromatic rings. The highest BCUT2D eigenvalue weighted by atomic mass is 16.3. The summed E-state index contributed by atoms with van der Waals surface area (Å²) in [6.07, 6.45) is -0.577. The van der Waals surface area contributed by atoms with Crippen LogP contribution >= 0.6 is 0 Å². The quantitative estimate of drug-likeness (QED) is 0.259. The van der Waals surface area contributed by atoms with Gasteiger partial charge in [-0.1, -0.05) is 38.1 Å². The van der Waals surface area contributed by atoms with E-state index < -0.39 is 29.8 Å². The Balaban J connectivity index is 1.92. The minimum absolute atomic E-state index is 0.0937. The monoisotopic (exact) mass is 484 g/mol. The maximum absolute atomic E-state index is 12.7. The van der Waals surface area contributed by atoms with Crippen LogP contribution < -0.4 is 21.7 Å². The Morgan fingerprint density at radius 1 is 0.771 bits per heavy atom. The molecule has 2 aromatic carbocycles. The number of hydrogen-bond acceptors (Lipinski definition) is 7. The maximum Gasteiger partial charge on any atom is 0.243 e. The van der Waals surface area contributed by atoms with Crippen LogP contribution in [-0.4, -0.2) is 45.8 Å². The fraction of sp³-hybridized carbons (Fsp3) is 0.360. The van der Waals surface area contributed by atoms with Crippen LogP contribution in [0.15, 0.2) is 48.5 Å². The van der Waals surface area contributed by atoms with Gasteiger partial charge in [0.05, 0.1) is 12.5 Å². The Hall–Kier alpha value is -3.92. The zero-order chi connectivity index (χ0) is 26.0. The molecule has 188 valence electrons. The molecule has 0 spiro atoms. The molecule has 3 amide bonds. The van der Waals surface area contributed by atoms with Gasteiger partial charge in [0, 0.05) is 25.4 Å². The highest BCUT2D eigenvalue weighted by Gasteiger charge is 2.26. The van der Waals surface area contributed by atoms with Crippen LogP contribution in [0, 0.1) is 5.92 Å². The summed E-state index contributed by atoms with van der Waals surface area (Å²) in [6, 6.07) is 10.2. The van der Waals surface area contributed by atoms with E-state index in [-0.39, 0.29) is 49.1 Å². The second-order valence-electron chi connectivity index (χ2n) is 8.52. The number of ketones is 1. The second kappa shape index (κ2) is 13.1. The molecule has 0 saturated carbocycles. The van der Waals surface area contributed by atoms with Crippen LogP contribution in [0.5, 0.6) is 11.5 Å². The van der Waals surface area contributed by atoms with E-state index in [1.165, 1.54) is 24.3 Å². The van der Waals surface area contributed by atoms with Gasteiger partial charge in [0.2, 0.25) is 17.7 Å². The molecule has 0 aromatic heterocycles. The summed E-state index contributed by atoms with van der Waals surface area (Å²) in [5.41, 5.74) is 7.32. The molecule has 0 radical (unpaired) electrons. The predicted molar refractivity (Wildman–Crippen MR) is 129 cm³/mol. The van der Waals surface area contributed by atoms with E-state index in [1.807, 2.05) is 0 Å². The fourth-order valence-electron chi connectivity index (χ4n) is 3.05. The average molecular weight is 485 g/mol. The number of Topliss-reactive ketones (excluding diaryl/α,β-unsaturated/α-hetero) is 1. The largest absolute Gasteiger partial charge is 0.508 e. The molecule has 2 atom stereocenters. The van der Waals surface area contributed by atoms with Gasteiger partial charge >= 0.3 is 0 Å². The van der Waals surface area contributed by atoms with Crippen LogP contribution in [0.3, 0.4) is 0 Å². The molecule has 7 N–H and O–H groups in total. The lowest BCUT2D eigenvalue weighted by Crippen LogP contribution is -2.50. The van der Waals surface area contributed by atoms with Crippen LogP contribution in [0.25, 0.3) is 0 Å². The van der Waals surface area contributed by atoms with Crippen molar-refractivity contribution in [2.45, 2.75) is 51.9 Å². The minimum Gasteiger partial charge on any atom is -0.508 e. The van der Waals surface area contributed by atoms with Crippen molar-refractivity contribution in [1.29, 1.82) is 0 Å². The number of amides is 3. The van der Waals surface area contributed by atoms with Crippen molar-refractivity contribution in [3.8, 4) is 11.5 Å². The number of nitrogens with two attached hydrogens (primary N) is 1.